The Hall–Kier alpha value is -5.91. The predicted molar refractivity (Wildman–Crippen MR) is 157 cm³/mol. The predicted octanol–water partition coefficient (Wildman–Crippen LogP) is 7.02. The van der Waals surface area contributed by atoms with Gasteiger partial charge >= 0.3 is 0 Å². The maximum Gasteiger partial charge on any atom is 0.269 e. The van der Waals surface area contributed by atoms with Crippen molar-refractivity contribution in [1.82, 2.24) is 15.0 Å². The molecule has 2 heterocycles. The number of nitrogens with zero attached hydrogens (tertiary/aromatic N) is 5. The van der Waals surface area contributed by atoms with Gasteiger partial charge in [0, 0.05) is 35.6 Å². The van der Waals surface area contributed by atoms with E-state index in [1.54, 1.807) is 24.3 Å². The molecule has 5 aromatic rings. The second kappa shape index (κ2) is 11.7. The van der Waals surface area contributed by atoms with Crippen LogP contribution < -0.4 is 16.0 Å². The van der Waals surface area contributed by atoms with Crippen molar-refractivity contribution < 1.29 is 14.2 Å². The van der Waals surface area contributed by atoms with Crippen molar-refractivity contribution >= 4 is 46.3 Å². The third-order valence-corrected chi connectivity index (χ3v) is 6.38. The molecular formula is C30H23FN8O3. The van der Waals surface area contributed by atoms with Crippen LogP contribution in [0.2, 0.25) is 0 Å². The standard InChI is InChI=1S/C30H23FN8O3/c31-21-10-14-24(15-11-21)34-30-36-28(32-22-4-2-1-3-5-22)35-29(37-30)33-23-12-6-19(7-13-23)26-18-27(42-38-26)20-8-16-25(17-9-20)39(40)41/h1-17,27H,18H2,(H3,32,33,34,35,36,37). The second-order valence-electron chi connectivity index (χ2n) is 9.32. The Kier molecular flexibility index (Phi) is 7.32. The van der Waals surface area contributed by atoms with E-state index in [2.05, 4.69) is 36.1 Å². The fourth-order valence-electron chi connectivity index (χ4n) is 4.27. The van der Waals surface area contributed by atoms with Crippen LogP contribution in [0.1, 0.15) is 23.7 Å². The highest BCUT2D eigenvalue weighted by Gasteiger charge is 2.24. The van der Waals surface area contributed by atoms with E-state index >= 15 is 0 Å². The summed E-state index contributed by atoms with van der Waals surface area (Å²) in [7, 11) is 0. The lowest BCUT2D eigenvalue weighted by atomic mass is 10.00. The van der Waals surface area contributed by atoms with Gasteiger partial charge in [0.05, 0.1) is 10.6 Å². The maximum absolute atomic E-state index is 13.4. The fourth-order valence-corrected chi connectivity index (χ4v) is 4.27. The van der Waals surface area contributed by atoms with Gasteiger partial charge in [0.1, 0.15) is 5.82 Å². The van der Waals surface area contributed by atoms with E-state index in [1.165, 1.54) is 24.3 Å². The molecular weight excluding hydrogens is 539 g/mol. The first kappa shape index (κ1) is 26.3. The van der Waals surface area contributed by atoms with Gasteiger partial charge in [-0.2, -0.15) is 15.0 Å². The molecule has 3 N–H and O–H groups in total. The molecule has 6 rings (SSSR count). The van der Waals surface area contributed by atoms with E-state index in [1.807, 2.05) is 54.6 Å². The zero-order valence-corrected chi connectivity index (χ0v) is 21.9. The molecule has 0 saturated carbocycles. The lowest BCUT2D eigenvalue weighted by molar-refractivity contribution is -0.384. The van der Waals surface area contributed by atoms with Crippen LogP contribution in [0, 0.1) is 15.9 Å². The first-order valence-electron chi connectivity index (χ1n) is 12.9. The normalized spacial score (nSPS) is 14.0. The lowest BCUT2D eigenvalue weighted by Gasteiger charge is -2.12. The van der Waals surface area contributed by atoms with Gasteiger partial charge in [0.15, 0.2) is 6.10 Å². The van der Waals surface area contributed by atoms with Crippen molar-refractivity contribution in [2.75, 3.05) is 16.0 Å². The fraction of sp³-hybridized carbons (Fsp3) is 0.0667. The Labute approximate surface area is 239 Å². The summed E-state index contributed by atoms with van der Waals surface area (Å²) >= 11 is 0. The summed E-state index contributed by atoms with van der Waals surface area (Å²) in [5, 5.41) is 24.6. The van der Waals surface area contributed by atoms with Crippen molar-refractivity contribution in [1.29, 1.82) is 0 Å². The van der Waals surface area contributed by atoms with Gasteiger partial charge in [-0.3, -0.25) is 10.1 Å². The molecule has 0 aliphatic carbocycles. The summed E-state index contributed by atoms with van der Waals surface area (Å²) < 4.78 is 13.4. The number of nitro benzene ring substituents is 1. The summed E-state index contributed by atoms with van der Waals surface area (Å²) in [5.74, 6) is 0.532. The summed E-state index contributed by atoms with van der Waals surface area (Å²) in [6.45, 7) is 0. The number of oxime groups is 1. The summed E-state index contributed by atoms with van der Waals surface area (Å²) in [6.07, 6.45) is 0.219. The van der Waals surface area contributed by atoms with E-state index in [-0.39, 0.29) is 23.6 Å². The molecule has 1 aliphatic heterocycles. The molecule has 11 nitrogen and oxygen atoms in total. The van der Waals surface area contributed by atoms with Crippen LogP contribution >= 0.6 is 0 Å². The molecule has 0 radical (unpaired) electrons. The minimum Gasteiger partial charge on any atom is -0.387 e. The number of anilines is 6. The van der Waals surface area contributed by atoms with Crippen LogP contribution in [-0.2, 0) is 4.84 Å². The Bertz CT molecular complexity index is 1730. The van der Waals surface area contributed by atoms with Crippen LogP contribution in [0.4, 0.5) is 45.0 Å². The summed E-state index contributed by atoms with van der Waals surface area (Å²) in [4.78, 5) is 29.5. The number of nitrogens with one attached hydrogen (secondary N) is 3. The number of rotatable bonds is 9. The first-order valence-corrected chi connectivity index (χ1v) is 12.9. The average molecular weight is 563 g/mol. The van der Waals surface area contributed by atoms with E-state index in [0.29, 0.717) is 24.0 Å². The number of non-ortho nitro benzene ring substituents is 1. The zero-order valence-electron chi connectivity index (χ0n) is 21.9. The molecule has 0 saturated heterocycles. The van der Waals surface area contributed by atoms with E-state index in [9.17, 15) is 14.5 Å². The lowest BCUT2D eigenvalue weighted by Crippen LogP contribution is -2.07. The number of para-hydroxylation sites is 1. The van der Waals surface area contributed by atoms with Gasteiger partial charge in [-0.25, -0.2) is 4.39 Å². The summed E-state index contributed by atoms with van der Waals surface area (Å²) in [5.41, 5.74) is 4.65. The van der Waals surface area contributed by atoms with Gasteiger partial charge < -0.3 is 20.8 Å². The van der Waals surface area contributed by atoms with Gasteiger partial charge in [-0.15, -0.1) is 0 Å². The maximum atomic E-state index is 13.4. The number of nitro groups is 1. The molecule has 1 aliphatic rings. The van der Waals surface area contributed by atoms with Crippen molar-refractivity contribution in [3.63, 3.8) is 0 Å². The summed E-state index contributed by atoms with van der Waals surface area (Å²) in [6, 6.07) is 29.2. The van der Waals surface area contributed by atoms with E-state index in [0.717, 1.165) is 28.2 Å². The van der Waals surface area contributed by atoms with E-state index in [4.69, 9.17) is 4.84 Å². The molecule has 0 fully saturated rings. The van der Waals surface area contributed by atoms with Gasteiger partial charge in [-0.1, -0.05) is 35.5 Å². The SMILES string of the molecule is O=[N+]([O-])c1ccc(C2CC(c3ccc(Nc4nc(Nc5ccccc5)nc(Nc5ccc(F)cc5)n4)cc3)=NO2)cc1. The molecule has 0 bridgehead atoms. The highest BCUT2D eigenvalue weighted by Crippen LogP contribution is 2.31. The first-order chi connectivity index (χ1) is 20.5. The monoisotopic (exact) mass is 562 g/mol. The minimum absolute atomic E-state index is 0.0282. The Morgan fingerprint density at radius 2 is 1.24 bits per heavy atom. The zero-order chi connectivity index (χ0) is 28.9. The van der Waals surface area contributed by atoms with Crippen molar-refractivity contribution in [2.45, 2.75) is 12.5 Å². The van der Waals surface area contributed by atoms with Gasteiger partial charge in [0.2, 0.25) is 17.8 Å². The molecule has 42 heavy (non-hydrogen) atoms. The van der Waals surface area contributed by atoms with Crippen LogP contribution in [0.3, 0.4) is 0 Å². The van der Waals surface area contributed by atoms with Crippen LogP contribution in [0.25, 0.3) is 0 Å². The number of benzene rings is 4. The highest BCUT2D eigenvalue weighted by atomic mass is 19.1. The average Bonchev–Trinajstić information content (AvgIpc) is 3.50. The number of hydrogen-bond acceptors (Lipinski definition) is 10. The number of halogens is 1. The Morgan fingerprint density at radius 3 is 1.79 bits per heavy atom. The third kappa shape index (κ3) is 6.28. The topological polar surface area (TPSA) is 139 Å². The molecule has 4 aromatic carbocycles. The quantitative estimate of drug-likeness (QED) is 0.128. The van der Waals surface area contributed by atoms with Crippen molar-refractivity contribution in [3.05, 3.63) is 130 Å². The molecule has 12 heteroatoms. The van der Waals surface area contributed by atoms with Gasteiger partial charge in [0.25, 0.3) is 5.69 Å². The van der Waals surface area contributed by atoms with Crippen LogP contribution in [0.15, 0.2) is 108 Å². The molecule has 1 atom stereocenters. The number of aromatic nitrogens is 3. The van der Waals surface area contributed by atoms with E-state index < -0.39 is 4.92 Å². The molecule has 1 unspecified atom stereocenters. The Morgan fingerprint density at radius 1 is 0.714 bits per heavy atom. The van der Waals surface area contributed by atoms with Crippen molar-refractivity contribution in [2.24, 2.45) is 5.16 Å². The third-order valence-electron chi connectivity index (χ3n) is 6.38. The second-order valence-corrected chi connectivity index (χ2v) is 9.32. The van der Waals surface area contributed by atoms with Crippen LogP contribution in [0.5, 0.6) is 0 Å². The van der Waals surface area contributed by atoms with Gasteiger partial charge in [-0.05, 0) is 71.8 Å². The minimum atomic E-state index is -0.433. The molecule has 208 valence electrons. The van der Waals surface area contributed by atoms with Crippen molar-refractivity contribution in [3.8, 4) is 0 Å². The highest BCUT2D eigenvalue weighted by molar-refractivity contribution is 6.01. The Balaban J connectivity index is 1.17. The number of hydrogen-bond donors (Lipinski definition) is 3. The largest absolute Gasteiger partial charge is 0.387 e. The van der Waals surface area contributed by atoms with Crippen LogP contribution in [-0.4, -0.2) is 25.6 Å². The molecule has 0 spiro atoms. The smallest absolute Gasteiger partial charge is 0.269 e. The molecule has 0 amide bonds. The molecule has 1 aromatic heterocycles.